The highest BCUT2D eigenvalue weighted by atomic mass is 16.2. The summed E-state index contributed by atoms with van der Waals surface area (Å²) in [4.78, 5) is 11.4. The lowest BCUT2D eigenvalue weighted by atomic mass is 10.3. The second-order valence-electron chi connectivity index (χ2n) is 4.04. The van der Waals surface area contributed by atoms with E-state index in [2.05, 4.69) is 17.6 Å². The van der Waals surface area contributed by atoms with Crippen molar-refractivity contribution >= 4 is 17.4 Å². The van der Waals surface area contributed by atoms with Crippen LogP contribution in [0.15, 0.2) is 24.3 Å². The van der Waals surface area contributed by atoms with Gasteiger partial charge < -0.3 is 16.4 Å². The number of hydrogen-bond donors (Lipinski definition) is 3. The van der Waals surface area contributed by atoms with E-state index in [1.54, 1.807) is 24.3 Å². The maximum absolute atomic E-state index is 11.4. The van der Waals surface area contributed by atoms with E-state index in [9.17, 15) is 4.79 Å². The van der Waals surface area contributed by atoms with E-state index in [1.165, 1.54) is 0 Å². The molecule has 2 amide bonds. The molecular formula is C11H15N3O. The van der Waals surface area contributed by atoms with Gasteiger partial charge in [-0.15, -0.1) is 0 Å². The highest BCUT2D eigenvalue weighted by molar-refractivity contribution is 5.89. The Morgan fingerprint density at radius 2 is 2.00 bits per heavy atom. The third kappa shape index (κ3) is 2.62. The summed E-state index contributed by atoms with van der Waals surface area (Å²) in [5.74, 6) is 0.613. The summed E-state index contributed by atoms with van der Waals surface area (Å²) in [5.41, 5.74) is 6.99. The molecule has 1 aromatic carbocycles. The summed E-state index contributed by atoms with van der Waals surface area (Å²) in [6.07, 6.45) is 1.08. The maximum Gasteiger partial charge on any atom is 0.319 e. The van der Waals surface area contributed by atoms with E-state index in [0.717, 1.165) is 12.1 Å². The smallest absolute Gasteiger partial charge is 0.319 e. The van der Waals surface area contributed by atoms with Crippen molar-refractivity contribution in [1.29, 1.82) is 0 Å². The lowest BCUT2D eigenvalue weighted by Crippen LogP contribution is -2.31. The van der Waals surface area contributed by atoms with Crippen LogP contribution in [0.4, 0.5) is 16.2 Å². The summed E-state index contributed by atoms with van der Waals surface area (Å²) in [5, 5.41) is 5.64. The van der Waals surface area contributed by atoms with Gasteiger partial charge in [-0.3, -0.25) is 0 Å². The zero-order valence-electron chi connectivity index (χ0n) is 8.66. The van der Waals surface area contributed by atoms with Crippen LogP contribution in [0.2, 0.25) is 0 Å². The first-order valence-electron chi connectivity index (χ1n) is 5.08. The summed E-state index contributed by atoms with van der Waals surface area (Å²) in [7, 11) is 0. The minimum Gasteiger partial charge on any atom is -0.399 e. The fourth-order valence-electron chi connectivity index (χ4n) is 1.43. The van der Waals surface area contributed by atoms with Crippen molar-refractivity contribution < 1.29 is 4.79 Å². The van der Waals surface area contributed by atoms with Gasteiger partial charge >= 0.3 is 6.03 Å². The average molecular weight is 205 g/mol. The highest BCUT2D eigenvalue weighted by Gasteiger charge is 2.33. The standard InChI is InChI=1S/C11H15N3O/c1-7-6-10(7)14-11(15)13-9-4-2-8(12)3-5-9/h2-5,7,10H,6,12H2,1H3,(H2,13,14,15). The molecule has 4 N–H and O–H groups in total. The zero-order chi connectivity index (χ0) is 10.8. The summed E-state index contributed by atoms with van der Waals surface area (Å²) < 4.78 is 0. The molecule has 2 unspecified atom stereocenters. The Balaban J connectivity index is 1.85. The molecule has 0 radical (unpaired) electrons. The molecule has 0 aromatic heterocycles. The van der Waals surface area contributed by atoms with Gasteiger partial charge in [-0.05, 0) is 36.6 Å². The Labute approximate surface area is 88.9 Å². The van der Waals surface area contributed by atoms with Gasteiger partial charge in [0.15, 0.2) is 0 Å². The number of amides is 2. The third-order valence-electron chi connectivity index (χ3n) is 2.59. The first-order chi connectivity index (χ1) is 7.15. The molecule has 0 saturated heterocycles. The molecule has 15 heavy (non-hydrogen) atoms. The molecule has 0 bridgehead atoms. The molecule has 0 heterocycles. The Hall–Kier alpha value is -1.71. The Morgan fingerprint density at radius 3 is 2.53 bits per heavy atom. The molecule has 0 spiro atoms. The minimum atomic E-state index is -0.144. The molecule has 1 saturated carbocycles. The molecule has 2 rings (SSSR count). The lowest BCUT2D eigenvalue weighted by Gasteiger charge is -2.06. The van der Waals surface area contributed by atoms with Crippen LogP contribution >= 0.6 is 0 Å². The first kappa shape index (κ1) is 9.83. The second-order valence-corrected chi connectivity index (χ2v) is 4.04. The average Bonchev–Trinajstić information content (AvgIpc) is 2.86. The molecule has 80 valence electrons. The molecule has 4 nitrogen and oxygen atoms in total. The van der Waals surface area contributed by atoms with Crippen molar-refractivity contribution in [2.24, 2.45) is 5.92 Å². The predicted octanol–water partition coefficient (Wildman–Crippen LogP) is 1.80. The largest absolute Gasteiger partial charge is 0.399 e. The number of nitrogens with two attached hydrogens (primary N) is 1. The quantitative estimate of drug-likeness (QED) is 0.644. The fraction of sp³-hybridized carbons (Fsp3) is 0.364. The van der Waals surface area contributed by atoms with Crippen LogP contribution in [-0.2, 0) is 0 Å². The Bertz CT molecular complexity index is 361. The van der Waals surface area contributed by atoms with Crippen LogP contribution in [0.5, 0.6) is 0 Å². The van der Waals surface area contributed by atoms with E-state index in [4.69, 9.17) is 5.73 Å². The van der Waals surface area contributed by atoms with Crippen molar-refractivity contribution in [2.45, 2.75) is 19.4 Å². The number of benzene rings is 1. The van der Waals surface area contributed by atoms with Crippen LogP contribution < -0.4 is 16.4 Å². The number of carbonyl (C=O) groups is 1. The van der Waals surface area contributed by atoms with Crippen molar-refractivity contribution in [1.82, 2.24) is 5.32 Å². The Kier molecular flexibility index (Phi) is 2.49. The highest BCUT2D eigenvalue weighted by Crippen LogP contribution is 2.28. The number of urea groups is 1. The molecule has 2 atom stereocenters. The molecule has 1 aliphatic carbocycles. The van der Waals surface area contributed by atoms with Crippen LogP contribution in [0.25, 0.3) is 0 Å². The summed E-state index contributed by atoms with van der Waals surface area (Å²) >= 11 is 0. The van der Waals surface area contributed by atoms with Gasteiger partial charge in [0.05, 0.1) is 0 Å². The number of anilines is 2. The van der Waals surface area contributed by atoms with E-state index in [1.807, 2.05) is 0 Å². The monoisotopic (exact) mass is 205 g/mol. The van der Waals surface area contributed by atoms with E-state index in [-0.39, 0.29) is 6.03 Å². The molecule has 1 fully saturated rings. The zero-order valence-corrected chi connectivity index (χ0v) is 8.66. The van der Waals surface area contributed by atoms with Crippen LogP contribution in [0.1, 0.15) is 13.3 Å². The normalized spacial score (nSPS) is 23.3. The van der Waals surface area contributed by atoms with Crippen LogP contribution in [0.3, 0.4) is 0 Å². The number of nitrogen functional groups attached to an aromatic ring is 1. The van der Waals surface area contributed by atoms with Crippen LogP contribution in [0, 0.1) is 5.92 Å². The van der Waals surface area contributed by atoms with Crippen molar-refractivity contribution in [3.63, 3.8) is 0 Å². The molecular weight excluding hydrogens is 190 g/mol. The van der Waals surface area contributed by atoms with Crippen molar-refractivity contribution in [2.75, 3.05) is 11.1 Å². The number of nitrogens with one attached hydrogen (secondary N) is 2. The van der Waals surface area contributed by atoms with Crippen molar-refractivity contribution in [3.8, 4) is 0 Å². The number of hydrogen-bond acceptors (Lipinski definition) is 2. The van der Waals surface area contributed by atoms with E-state index >= 15 is 0 Å². The summed E-state index contributed by atoms with van der Waals surface area (Å²) in [6, 6.07) is 7.29. The molecule has 1 aliphatic rings. The minimum absolute atomic E-state index is 0.144. The topological polar surface area (TPSA) is 67.2 Å². The van der Waals surface area contributed by atoms with Gasteiger partial charge in [-0.25, -0.2) is 4.79 Å². The predicted molar refractivity (Wildman–Crippen MR) is 60.6 cm³/mol. The second kappa shape index (κ2) is 3.81. The van der Waals surface area contributed by atoms with Crippen molar-refractivity contribution in [3.05, 3.63) is 24.3 Å². The number of rotatable bonds is 2. The lowest BCUT2D eigenvalue weighted by molar-refractivity contribution is 0.251. The van der Waals surface area contributed by atoms with Gasteiger partial charge in [-0.2, -0.15) is 0 Å². The number of carbonyl (C=O) groups excluding carboxylic acids is 1. The Morgan fingerprint density at radius 1 is 1.40 bits per heavy atom. The third-order valence-corrected chi connectivity index (χ3v) is 2.59. The fourth-order valence-corrected chi connectivity index (χ4v) is 1.43. The van der Waals surface area contributed by atoms with E-state index in [0.29, 0.717) is 17.6 Å². The summed E-state index contributed by atoms with van der Waals surface area (Å²) in [6.45, 7) is 2.12. The van der Waals surface area contributed by atoms with Gasteiger partial charge in [0.25, 0.3) is 0 Å². The molecule has 1 aromatic rings. The van der Waals surface area contributed by atoms with Gasteiger partial charge in [0.1, 0.15) is 0 Å². The molecule has 4 heteroatoms. The SMILES string of the molecule is CC1CC1NC(=O)Nc1ccc(N)cc1. The first-order valence-corrected chi connectivity index (χ1v) is 5.08. The van der Waals surface area contributed by atoms with Gasteiger partial charge in [-0.1, -0.05) is 6.92 Å². The maximum atomic E-state index is 11.4. The molecule has 0 aliphatic heterocycles. The van der Waals surface area contributed by atoms with Gasteiger partial charge in [0.2, 0.25) is 0 Å². The van der Waals surface area contributed by atoms with Crippen LogP contribution in [-0.4, -0.2) is 12.1 Å². The van der Waals surface area contributed by atoms with Gasteiger partial charge in [0, 0.05) is 17.4 Å². The van der Waals surface area contributed by atoms with E-state index < -0.39 is 0 Å².